The summed E-state index contributed by atoms with van der Waals surface area (Å²) in [6.45, 7) is 6.11. The van der Waals surface area contributed by atoms with E-state index in [1.165, 1.54) is 13.3 Å². The van der Waals surface area contributed by atoms with Gasteiger partial charge in [-0.2, -0.15) is 0 Å². The number of ether oxygens (including phenoxy) is 2. The van der Waals surface area contributed by atoms with E-state index >= 15 is 0 Å². The Labute approximate surface area is 107 Å². The molecular weight excluding hydrogens is 238 g/mol. The smallest absolute Gasteiger partial charge is 0.407 e. The van der Waals surface area contributed by atoms with Crippen molar-refractivity contribution >= 4 is 12.1 Å². The molecule has 0 aromatic heterocycles. The highest BCUT2D eigenvalue weighted by molar-refractivity contribution is 5.87. The minimum atomic E-state index is -0.609. The lowest BCUT2D eigenvalue weighted by atomic mass is 10.2. The van der Waals surface area contributed by atoms with Gasteiger partial charge in [0.05, 0.1) is 7.11 Å². The molecular formula is C11H21N3O4. The first-order valence-electron chi connectivity index (χ1n) is 5.50. The molecule has 18 heavy (non-hydrogen) atoms. The summed E-state index contributed by atoms with van der Waals surface area (Å²) in [5, 5.41) is 5.31. The van der Waals surface area contributed by atoms with E-state index in [4.69, 9.17) is 10.5 Å². The Bertz CT molecular complexity index is 321. The standard InChI is InChI=1S/C11H21N3O4/c1-11(2,3)18-10(16)14-6-5-13-7-8(12)9(15)17-4/h7,13H,5-6,12H2,1-4H3,(H,14,16)/b8-7-. The van der Waals surface area contributed by atoms with Gasteiger partial charge >= 0.3 is 12.1 Å². The third-order valence-corrected chi connectivity index (χ3v) is 1.62. The third kappa shape index (κ3) is 8.26. The zero-order chi connectivity index (χ0) is 14.2. The lowest BCUT2D eigenvalue weighted by Crippen LogP contribution is -2.35. The molecule has 0 aliphatic rings. The van der Waals surface area contributed by atoms with Crippen LogP contribution in [0.5, 0.6) is 0 Å². The van der Waals surface area contributed by atoms with Crippen LogP contribution < -0.4 is 16.4 Å². The molecule has 0 fully saturated rings. The Morgan fingerprint density at radius 3 is 2.39 bits per heavy atom. The first kappa shape index (κ1) is 16.1. The first-order chi connectivity index (χ1) is 8.26. The Morgan fingerprint density at radius 1 is 1.28 bits per heavy atom. The molecule has 0 aromatic rings. The van der Waals surface area contributed by atoms with Gasteiger partial charge in [0.15, 0.2) is 0 Å². The van der Waals surface area contributed by atoms with Crippen molar-refractivity contribution < 1.29 is 19.1 Å². The van der Waals surface area contributed by atoms with Gasteiger partial charge in [0.2, 0.25) is 0 Å². The highest BCUT2D eigenvalue weighted by Crippen LogP contribution is 2.05. The number of rotatable bonds is 5. The van der Waals surface area contributed by atoms with Crippen LogP contribution in [0.15, 0.2) is 11.9 Å². The second kappa shape index (κ2) is 7.41. The van der Waals surface area contributed by atoms with Crippen LogP contribution in [0.4, 0.5) is 4.79 Å². The van der Waals surface area contributed by atoms with Crippen molar-refractivity contribution in [3.8, 4) is 0 Å². The normalized spacial score (nSPS) is 11.7. The van der Waals surface area contributed by atoms with Gasteiger partial charge in [0, 0.05) is 19.3 Å². The lowest BCUT2D eigenvalue weighted by Gasteiger charge is -2.19. The van der Waals surface area contributed by atoms with Crippen molar-refractivity contribution in [3.63, 3.8) is 0 Å². The van der Waals surface area contributed by atoms with Gasteiger partial charge in [-0.15, -0.1) is 0 Å². The monoisotopic (exact) mass is 259 g/mol. The number of carbonyl (C=O) groups excluding carboxylic acids is 2. The molecule has 7 nitrogen and oxygen atoms in total. The number of nitrogens with one attached hydrogen (secondary N) is 2. The number of carbonyl (C=O) groups is 2. The zero-order valence-corrected chi connectivity index (χ0v) is 11.2. The predicted octanol–water partition coefficient (Wildman–Crippen LogP) is 0.0738. The summed E-state index contributed by atoms with van der Waals surface area (Å²) in [7, 11) is 1.24. The molecule has 0 radical (unpaired) electrons. The van der Waals surface area contributed by atoms with Crippen molar-refractivity contribution in [2.24, 2.45) is 5.73 Å². The number of esters is 1. The second-order valence-corrected chi connectivity index (χ2v) is 4.47. The molecule has 0 bridgehead atoms. The van der Waals surface area contributed by atoms with Crippen LogP contribution in [-0.4, -0.2) is 37.9 Å². The van der Waals surface area contributed by atoms with E-state index in [2.05, 4.69) is 15.4 Å². The van der Waals surface area contributed by atoms with E-state index in [0.29, 0.717) is 13.1 Å². The zero-order valence-electron chi connectivity index (χ0n) is 11.2. The van der Waals surface area contributed by atoms with Crippen molar-refractivity contribution in [1.82, 2.24) is 10.6 Å². The molecule has 1 amide bonds. The molecule has 7 heteroatoms. The summed E-state index contributed by atoms with van der Waals surface area (Å²) in [6.07, 6.45) is 0.831. The molecule has 0 saturated heterocycles. The Kier molecular flexibility index (Phi) is 6.62. The van der Waals surface area contributed by atoms with Crippen molar-refractivity contribution in [2.45, 2.75) is 26.4 Å². The Morgan fingerprint density at radius 2 is 1.89 bits per heavy atom. The Balaban J connectivity index is 3.75. The molecule has 0 rings (SSSR count). The fourth-order valence-corrected chi connectivity index (χ4v) is 0.910. The summed E-state index contributed by atoms with van der Waals surface area (Å²) in [5.74, 6) is -0.609. The van der Waals surface area contributed by atoms with Gasteiger partial charge in [-0.3, -0.25) is 0 Å². The average molecular weight is 259 g/mol. The van der Waals surface area contributed by atoms with Gasteiger partial charge in [-0.1, -0.05) is 0 Å². The van der Waals surface area contributed by atoms with Gasteiger partial charge in [-0.05, 0) is 20.8 Å². The van der Waals surface area contributed by atoms with Crippen molar-refractivity contribution in [3.05, 3.63) is 11.9 Å². The fourth-order valence-electron chi connectivity index (χ4n) is 0.910. The first-order valence-corrected chi connectivity index (χ1v) is 5.50. The van der Waals surface area contributed by atoms with E-state index in [9.17, 15) is 9.59 Å². The molecule has 104 valence electrons. The van der Waals surface area contributed by atoms with Crippen molar-refractivity contribution in [2.75, 3.05) is 20.2 Å². The predicted molar refractivity (Wildman–Crippen MR) is 66.5 cm³/mol. The van der Waals surface area contributed by atoms with Crippen LogP contribution in [0.3, 0.4) is 0 Å². The van der Waals surface area contributed by atoms with Crippen molar-refractivity contribution in [1.29, 1.82) is 0 Å². The minimum Gasteiger partial charge on any atom is -0.464 e. The maximum atomic E-state index is 11.2. The van der Waals surface area contributed by atoms with E-state index in [1.54, 1.807) is 20.8 Å². The van der Waals surface area contributed by atoms with E-state index in [-0.39, 0.29) is 5.70 Å². The quantitative estimate of drug-likeness (QED) is 0.367. The van der Waals surface area contributed by atoms with E-state index in [0.717, 1.165) is 0 Å². The molecule has 0 aromatic carbocycles. The highest BCUT2D eigenvalue weighted by atomic mass is 16.6. The largest absolute Gasteiger partial charge is 0.464 e. The maximum absolute atomic E-state index is 11.2. The summed E-state index contributed by atoms with van der Waals surface area (Å²) in [5.41, 5.74) is 4.81. The number of hydrogen-bond donors (Lipinski definition) is 3. The van der Waals surface area contributed by atoms with Crippen LogP contribution in [0.2, 0.25) is 0 Å². The molecule has 4 N–H and O–H groups in total. The minimum absolute atomic E-state index is 0.0326. The SMILES string of the molecule is COC(=O)/C(N)=C/NCCNC(=O)OC(C)(C)C. The van der Waals surface area contributed by atoms with Gasteiger partial charge in [0.25, 0.3) is 0 Å². The van der Waals surface area contributed by atoms with Gasteiger partial charge < -0.3 is 25.8 Å². The van der Waals surface area contributed by atoms with E-state index < -0.39 is 17.7 Å². The Hall–Kier alpha value is -1.92. The number of methoxy groups -OCH3 is 1. The summed E-state index contributed by atoms with van der Waals surface area (Å²) in [6, 6.07) is 0. The number of amides is 1. The average Bonchev–Trinajstić information content (AvgIpc) is 2.24. The summed E-state index contributed by atoms with van der Waals surface area (Å²) >= 11 is 0. The van der Waals surface area contributed by atoms with Crippen LogP contribution in [0, 0.1) is 0 Å². The lowest BCUT2D eigenvalue weighted by molar-refractivity contribution is -0.136. The maximum Gasteiger partial charge on any atom is 0.407 e. The van der Waals surface area contributed by atoms with Crippen LogP contribution in [0.25, 0.3) is 0 Å². The molecule has 0 atom stereocenters. The molecule has 0 aliphatic heterocycles. The molecule has 0 aliphatic carbocycles. The highest BCUT2D eigenvalue weighted by Gasteiger charge is 2.15. The van der Waals surface area contributed by atoms with Crippen LogP contribution in [0.1, 0.15) is 20.8 Å². The molecule has 0 spiro atoms. The fraction of sp³-hybridized carbons (Fsp3) is 0.636. The molecule has 0 heterocycles. The molecule has 0 unspecified atom stereocenters. The van der Waals surface area contributed by atoms with Crippen LogP contribution >= 0.6 is 0 Å². The topological polar surface area (TPSA) is 103 Å². The number of alkyl carbamates (subject to hydrolysis) is 1. The van der Waals surface area contributed by atoms with E-state index in [1.807, 2.05) is 0 Å². The third-order valence-electron chi connectivity index (χ3n) is 1.62. The second-order valence-electron chi connectivity index (χ2n) is 4.47. The van der Waals surface area contributed by atoms with Crippen LogP contribution in [-0.2, 0) is 14.3 Å². The number of nitrogens with two attached hydrogens (primary N) is 1. The molecule has 0 saturated carbocycles. The van der Waals surface area contributed by atoms with Gasteiger partial charge in [-0.25, -0.2) is 9.59 Å². The summed E-state index contributed by atoms with van der Waals surface area (Å²) in [4.78, 5) is 22.1. The summed E-state index contributed by atoms with van der Waals surface area (Å²) < 4.78 is 9.43. The van der Waals surface area contributed by atoms with Gasteiger partial charge in [0.1, 0.15) is 11.3 Å². The number of hydrogen-bond acceptors (Lipinski definition) is 6.